The van der Waals surface area contributed by atoms with Crippen LogP contribution < -0.4 is 5.32 Å². The van der Waals surface area contributed by atoms with Crippen LogP contribution >= 0.6 is 0 Å². The monoisotopic (exact) mass is 242 g/mol. The third kappa shape index (κ3) is 2.30. The minimum atomic E-state index is 0.764. The third-order valence-electron chi connectivity index (χ3n) is 4.09. The molecule has 3 rings (SSSR count). The molecule has 0 bridgehead atoms. The fourth-order valence-electron chi connectivity index (χ4n) is 2.84. The summed E-state index contributed by atoms with van der Waals surface area (Å²) in [5.41, 5.74) is 5.73. The van der Waals surface area contributed by atoms with Crippen molar-refractivity contribution in [3.05, 3.63) is 41.0 Å². The molecule has 1 atom stereocenters. The number of nitrogens with zero attached hydrogens (tertiary/aromatic N) is 1. The Bertz CT molecular complexity index is 476. The van der Waals surface area contributed by atoms with E-state index in [-0.39, 0.29) is 0 Å². The zero-order valence-electron chi connectivity index (χ0n) is 11.4. The minimum absolute atomic E-state index is 0.764. The van der Waals surface area contributed by atoms with E-state index >= 15 is 0 Å². The molecule has 1 aromatic carbocycles. The first-order valence-corrected chi connectivity index (χ1v) is 6.97. The van der Waals surface area contributed by atoms with Gasteiger partial charge >= 0.3 is 0 Å². The summed E-state index contributed by atoms with van der Waals surface area (Å²) in [7, 11) is 2.20. The van der Waals surface area contributed by atoms with Gasteiger partial charge in [-0.05, 0) is 48.6 Å². The average Bonchev–Trinajstić information content (AvgIpc) is 2.39. The van der Waals surface area contributed by atoms with Crippen molar-refractivity contribution in [2.24, 2.45) is 5.92 Å². The van der Waals surface area contributed by atoms with Crippen LogP contribution in [0.3, 0.4) is 0 Å². The lowest BCUT2D eigenvalue weighted by atomic mass is 9.94. The molecule has 96 valence electrons. The summed E-state index contributed by atoms with van der Waals surface area (Å²) in [5, 5.41) is 3.55. The van der Waals surface area contributed by atoms with Crippen molar-refractivity contribution in [2.45, 2.75) is 26.3 Å². The molecular weight excluding hydrogens is 220 g/mol. The molecule has 0 aromatic heterocycles. The SMILES string of the molecule is C[C@H]1CC=C(c2ccc3c(c2)CCN(C)C3)NC1. The Balaban J connectivity index is 1.86. The lowest BCUT2D eigenvalue weighted by Crippen LogP contribution is -2.27. The molecule has 2 heterocycles. The van der Waals surface area contributed by atoms with E-state index in [1.807, 2.05) is 0 Å². The molecule has 0 fully saturated rings. The molecule has 0 saturated carbocycles. The first-order valence-electron chi connectivity index (χ1n) is 6.97. The standard InChI is InChI=1S/C16H22N2/c1-12-3-6-16(17-10-12)14-4-5-15-11-18(2)8-7-13(15)9-14/h4-6,9,12,17H,3,7-8,10-11H2,1-2H3/t12-/m0/s1. The van der Waals surface area contributed by atoms with E-state index in [1.54, 1.807) is 0 Å². The number of rotatable bonds is 1. The quantitative estimate of drug-likeness (QED) is 0.814. The fourth-order valence-corrected chi connectivity index (χ4v) is 2.84. The highest BCUT2D eigenvalue weighted by Gasteiger charge is 2.15. The highest BCUT2D eigenvalue weighted by Crippen LogP contribution is 2.24. The second-order valence-electron chi connectivity index (χ2n) is 5.81. The molecule has 0 radical (unpaired) electrons. The number of allylic oxidation sites excluding steroid dienone is 1. The van der Waals surface area contributed by atoms with Gasteiger partial charge in [0.2, 0.25) is 0 Å². The summed E-state index contributed by atoms with van der Waals surface area (Å²) in [6, 6.07) is 6.96. The molecule has 0 aliphatic carbocycles. The number of benzene rings is 1. The van der Waals surface area contributed by atoms with E-state index in [2.05, 4.69) is 48.5 Å². The first-order chi connectivity index (χ1) is 8.72. The van der Waals surface area contributed by atoms with Gasteiger partial charge < -0.3 is 10.2 Å². The molecule has 0 saturated heterocycles. The molecule has 18 heavy (non-hydrogen) atoms. The number of hydrogen-bond donors (Lipinski definition) is 1. The second-order valence-corrected chi connectivity index (χ2v) is 5.81. The summed E-state index contributed by atoms with van der Waals surface area (Å²) < 4.78 is 0. The number of hydrogen-bond acceptors (Lipinski definition) is 2. The summed E-state index contributed by atoms with van der Waals surface area (Å²) in [6.07, 6.45) is 4.73. The third-order valence-corrected chi connectivity index (χ3v) is 4.09. The Morgan fingerprint density at radius 1 is 1.28 bits per heavy atom. The van der Waals surface area contributed by atoms with Crippen molar-refractivity contribution in [1.82, 2.24) is 10.2 Å². The van der Waals surface area contributed by atoms with Gasteiger partial charge in [-0.3, -0.25) is 0 Å². The molecule has 2 nitrogen and oxygen atoms in total. The van der Waals surface area contributed by atoms with E-state index in [0.717, 1.165) is 19.0 Å². The van der Waals surface area contributed by atoms with Crippen LogP contribution in [-0.2, 0) is 13.0 Å². The van der Waals surface area contributed by atoms with Gasteiger partial charge in [0.05, 0.1) is 0 Å². The van der Waals surface area contributed by atoms with Crippen molar-refractivity contribution < 1.29 is 0 Å². The minimum Gasteiger partial charge on any atom is -0.385 e. The second kappa shape index (κ2) is 4.77. The van der Waals surface area contributed by atoms with Crippen molar-refractivity contribution in [3.63, 3.8) is 0 Å². The van der Waals surface area contributed by atoms with Gasteiger partial charge in [0.25, 0.3) is 0 Å². The maximum atomic E-state index is 3.55. The molecule has 0 spiro atoms. The van der Waals surface area contributed by atoms with Crippen LogP contribution in [0.15, 0.2) is 24.3 Å². The highest BCUT2D eigenvalue weighted by molar-refractivity contribution is 5.65. The van der Waals surface area contributed by atoms with Crippen LogP contribution in [-0.4, -0.2) is 25.0 Å². The normalized spacial score (nSPS) is 24.1. The zero-order chi connectivity index (χ0) is 12.5. The molecule has 2 aliphatic rings. The van der Waals surface area contributed by atoms with Crippen LogP contribution in [0.5, 0.6) is 0 Å². The van der Waals surface area contributed by atoms with Gasteiger partial charge in [-0.25, -0.2) is 0 Å². The van der Waals surface area contributed by atoms with Crippen molar-refractivity contribution >= 4 is 5.70 Å². The van der Waals surface area contributed by atoms with Crippen LogP contribution in [0.4, 0.5) is 0 Å². The Labute approximate surface area is 110 Å². The van der Waals surface area contributed by atoms with E-state index in [0.29, 0.717) is 0 Å². The summed E-state index contributed by atoms with van der Waals surface area (Å²) in [4.78, 5) is 2.39. The molecule has 2 aliphatic heterocycles. The summed E-state index contributed by atoms with van der Waals surface area (Å²) >= 11 is 0. The topological polar surface area (TPSA) is 15.3 Å². The molecule has 0 unspecified atom stereocenters. The van der Waals surface area contributed by atoms with E-state index in [1.165, 1.54) is 41.8 Å². The number of likely N-dealkylation sites (N-methyl/N-ethyl adjacent to an activating group) is 1. The lowest BCUT2D eigenvalue weighted by molar-refractivity contribution is 0.313. The molecule has 2 heteroatoms. The first kappa shape index (κ1) is 11.8. The maximum Gasteiger partial charge on any atom is 0.0373 e. The van der Waals surface area contributed by atoms with Crippen molar-refractivity contribution in [3.8, 4) is 0 Å². The molecule has 0 amide bonds. The Morgan fingerprint density at radius 2 is 2.17 bits per heavy atom. The molecule has 1 N–H and O–H groups in total. The van der Waals surface area contributed by atoms with Gasteiger partial charge in [-0.15, -0.1) is 0 Å². The highest BCUT2D eigenvalue weighted by atomic mass is 15.1. The van der Waals surface area contributed by atoms with Gasteiger partial charge in [-0.1, -0.05) is 25.1 Å². The van der Waals surface area contributed by atoms with Gasteiger partial charge in [0.15, 0.2) is 0 Å². The lowest BCUT2D eigenvalue weighted by Gasteiger charge is -2.26. The van der Waals surface area contributed by atoms with Crippen LogP contribution in [0, 0.1) is 5.92 Å². The number of fused-ring (bicyclic) bond motifs is 1. The van der Waals surface area contributed by atoms with E-state index in [4.69, 9.17) is 0 Å². The van der Waals surface area contributed by atoms with Gasteiger partial charge in [0.1, 0.15) is 0 Å². The van der Waals surface area contributed by atoms with E-state index < -0.39 is 0 Å². The van der Waals surface area contributed by atoms with Gasteiger partial charge in [-0.2, -0.15) is 0 Å². The van der Waals surface area contributed by atoms with Crippen LogP contribution in [0.25, 0.3) is 5.70 Å². The van der Waals surface area contributed by atoms with Crippen molar-refractivity contribution in [1.29, 1.82) is 0 Å². The average molecular weight is 242 g/mol. The predicted molar refractivity (Wildman–Crippen MR) is 76.2 cm³/mol. The molecular formula is C16H22N2. The predicted octanol–water partition coefficient (Wildman–Crippen LogP) is 2.64. The fraction of sp³-hybridized carbons (Fsp3) is 0.500. The summed E-state index contributed by atoms with van der Waals surface area (Å²) in [6.45, 7) is 5.67. The van der Waals surface area contributed by atoms with E-state index in [9.17, 15) is 0 Å². The Hall–Kier alpha value is -1.28. The zero-order valence-corrected chi connectivity index (χ0v) is 11.4. The Morgan fingerprint density at radius 3 is 2.94 bits per heavy atom. The van der Waals surface area contributed by atoms with Crippen molar-refractivity contribution in [2.75, 3.05) is 20.1 Å². The Kier molecular flexibility index (Phi) is 3.13. The summed E-state index contributed by atoms with van der Waals surface area (Å²) in [5.74, 6) is 0.764. The maximum absolute atomic E-state index is 3.55. The smallest absolute Gasteiger partial charge is 0.0373 e. The van der Waals surface area contributed by atoms with Crippen LogP contribution in [0.2, 0.25) is 0 Å². The molecule has 1 aromatic rings. The largest absolute Gasteiger partial charge is 0.385 e. The number of nitrogens with one attached hydrogen (secondary N) is 1. The van der Waals surface area contributed by atoms with Gasteiger partial charge in [0, 0.05) is 25.3 Å². The van der Waals surface area contributed by atoms with Crippen LogP contribution in [0.1, 0.15) is 30.0 Å².